The Kier molecular flexibility index (Phi) is 4.31. The molecular weight excluding hydrogens is 266 g/mol. The number of rotatable bonds is 5. The van der Waals surface area contributed by atoms with Crippen LogP contribution in [0.15, 0.2) is 30.3 Å². The topological polar surface area (TPSA) is 102 Å². The van der Waals surface area contributed by atoms with Crippen molar-refractivity contribution in [3.8, 4) is 0 Å². The number of nitrogens with one attached hydrogen (secondary N) is 1. The van der Waals surface area contributed by atoms with E-state index < -0.39 is 36.6 Å². The van der Waals surface area contributed by atoms with E-state index in [1.54, 1.807) is 24.3 Å². The number of carboxylic acids is 1. The molecule has 1 aromatic carbocycles. The molecule has 1 fully saturated rings. The molecule has 1 aromatic rings. The van der Waals surface area contributed by atoms with Crippen LogP contribution in [0, 0.1) is 0 Å². The van der Waals surface area contributed by atoms with Crippen LogP contribution < -0.4 is 5.32 Å². The number of carbonyl (C=O) groups is 3. The lowest BCUT2D eigenvalue weighted by Gasteiger charge is -2.10. The summed E-state index contributed by atoms with van der Waals surface area (Å²) >= 11 is 0. The van der Waals surface area contributed by atoms with Gasteiger partial charge in [0.1, 0.15) is 12.6 Å². The van der Waals surface area contributed by atoms with Crippen LogP contribution >= 0.6 is 0 Å². The first-order valence-electron chi connectivity index (χ1n) is 5.95. The summed E-state index contributed by atoms with van der Waals surface area (Å²) in [4.78, 5) is 33.6. The fraction of sp³-hybridized carbons (Fsp3) is 0.308. The van der Waals surface area contributed by atoms with Crippen LogP contribution in [0.5, 0.6) is 0 Å². The van der Waals surface area contributed by atoms with Gasteiger partial charge in [-0.1, -0.05) is 30.3 Å². The van der Waals surface area contributed by atoms with Crippen molar-refractivity contribution in [2.75, 3.05) is 0 Å². The van der Waals surface area contributed by atoms with E-state index in [0.717, 1.165) is 5.56 Å². The third-order valence-corrected chi connectivity index (χ3v) is 2.69. The lowest BCUT2D eigenvalue weighted by molar-refractivity contribution is -0.163. The summed E-state index contributed by atoms with van der Waals surface area (Å²) in [5, 5.41) is 11.1. The maximum absolute atomic E-state index is 11.7. The lowest BCUT2D eigenvalue weighted by Crippen LogP contribution is -2.38. The molecule has 0 saturated carbocycles. The van der Waals surface area contributed by atoms with Gasteiger partial charge < -0.3 is 14.6 Å². The standard InChI is InChI=1S/C13H13NO6/c15-10(16)6-9-12(17)20-11(14-9)13(18)19-7-8-4-2-1-3-5-8/h1-5,9,11,14H,6-7H2,(H,15,16)/t9?,11-/m0/s1. The molecule has 0 aliphatic carbocycles. The number of carboxylic acid groups (broad SMARTS) is 1. The Labute approximate surface area is 114 Å². The summed E-state index contributed by atoms with van der Waals surface area (Å²) in [5.41, 5.74) is 0.798. The number of cyclic esters (lactones) is 1. The molecule has 1 unspecified atom stereocenters. The van der Waals surface area contributed by atoms with Crippen molar-refractivity contribution >= 4 is 17.9 Å². The highest BCUT2D eigenvalue weighted by Gasteiger charge is 2.39. The molecule has 20 heavy (non-hydrogen) atoms. The molecule has 0 bridgehead atoms. The van der Waals surface area contributed by atoms with E-state index in [2.05, 4.69) is 5.32 Å². The maximum Gasteiger partial charge on any atom is 0.363 e. The van der Waals surface area contributed by atoms with Crippen LogP contribution in [0.1, 0.15) is 12.0 Å². The summed E-state index contributed by atoms with van der Waals surface area (Å²) < 4.78 is 9.72. The molecule has 106 valence electrons. The molecule has 0 amide bonds. The van der Waals surface area contributed by atoms with Crippen LogP contribution in [-0.4, -0.2) is 35.3 Å². The van der Waals surface area contributed by atoms with Crippen molar-refractivity contribution in [2.24, 2.45) is 0 Å². The second kappa shape index (κ2) is 6.16. The zero-order valence-electron chi connectivity index (χ0n) is 10.4. The van der Waals surface area contributed by atoms with Crippen LogP contribution in [0.2, 0.25) is 0 Å². The van der Waals surface area contributed by atoms with Crippen molar-refractivity contribution in [3.05, 3.63) is 35.9 Å². The Morgan fingerprint density at radius 2 is 2.00 bits per heavy atom. The highest BCUT2D eigenvalue weighted by Crippen LogP contribution is 2.11. The second-order valence-corrected chi connectivity index (χ2v) is 4.23. The van der Waals surface area contributed by atoms with Gasteiger partial charge in [0.25, 0.3) is 6.23 Å². The smallest absolute Gasteiger partial charge is 0.363 e. The molecule has 1 aliphatic rings. The van der Waals surface area contributed by atoms with E-state index in [0.29, 0.717) is 0 Å². The minimum atomic E-state index is -1.25. The highest BCUT2D eigenvalue weighted by molar-refractivity contribution is 5.88. The molecule has 1 aliphatic heterocycles. The average Bonchev–Trinajstić information content (AvgIpc) is 2.78. The Bertz CT molecular complexity index is 515. The van der Waals surface area contributed by atoms with Gasteiger partial charge in [0.15, 0.2) is 0 Å². The molecule has 0 spiro atoms. The average molecular weight is 279 g/mol. The molecule has 1 saturated heterocycles. The van der Waals surface area contributed by atoms with Crippen LogP contribution in [0.4, 0.5) is 0 Å². The van der Waals surface area contributed by atoms with E-state index in [4.69, 9.17) is 14.6 Å². The van der Waals surface area contributed by atoms with Crippen LogP contribution in [0.25, 0.3) is 0 Å². The number of benzene rings is 1. The quantitative estimate of drug-likeness (QED) is 0.734. The summed E-state index contributed by atoms with van der Waals surface area (Å²) in [7, 11) is 0. The minimum absolute atomic E-state index is 0.0546. The Morgan fingerprint density at radius 1 is 1.30 bits per heavy atom. The molecule has 7 nitrogen and oxygen atoms in total. The number of ether oxygens (including phenoxy) is 2. The summed E-state index contributed by atoms with van der Waals surface area (Å²) in [5.74, 6) is -2.68. The monoisotopic (exact) mass is 279 g/mol. The van der Waals surface area contributed by atoms with Gasteiger partial charge in [0, 0.05) is 0 Å². The summed E-state index contributed by atoms with van der Waals surface area (Å²) in [6.45, 7) is 0.0546. The fourth-order valence-electron chi connectivity index (χ4n) is 1.72. The van der Waals surface area contributed by atoms with E-state index >= 15 is 0 Å². The van der Waals surface area contributed by atoms with Gasteiger partial charge in [-0.25, -0.2) is 4.79 Å². The van der Waals surface area contributed by atoms with Gasteiger partial charge in [0.05, 0.1) is 6.42 Å². The van der Waals surface area contributed by atoms with Gasteiger partial charge in [-0.15, -0.1) is 0 Å². The van der Waals surface area contributed by atoms with Crippen molar-refractivity contribution in [3.63, 3.8) is 0 Å². The predicted octanol–water partition coefficient (Wildman–Crippen LogP) is 0.0456. The molecule has 2 N–H and O–H groups in total. The molecule has 7 heteroatoms. The number of hydrogen-bond acceptors (Lipinski definition) is 6. The fourth-order valence-corrected chi connectivity index (χ4v) is 1.72. The van der Waals surface area contributed by atoms with Crippen molar-refractivity contribution < 1.29 is 29.0 Å². The van der Waals surface area contributed by atoms with Crippen LogP contribution in [-0.2, 0) is 30.5 Å². The highest BCUT2D eigenvalue weighted by atomic mass is 16.6. The molecule has 2 atom stereocenters. The Morgan fingerprint density at radius 3 is 2.65 bits per heavy atom. The zero-order chi connectivity index (χ0) is 14.5. The van der Waals surface area contributed by atoms with Gasteiger partial charge >= 0.3 is 17.9 Å². The largest absolute Gasteiger partial charge is 0.481 e. The number of carbonyl (C=O) groups excluding carboxylic acids is 2. The third kappa shape index (κ3) is 3.55. The lowest BCUT2D eigenvalue weighted by atomic mass is 10.2. The molecule has 0 radical (unpaired) electrons. The number of hydrogen-bond donors (Lipinski definition) is 2. The summed E-state index contributed by atoms with van der Waals surface area (Å²) in [6, 6.07) is 7.99. The van der Waals surface area contributed by atoms with Crippen LogP contribution in [0.3, 0.4) is 0 Å². The van der Waals surface area contributed by atoms with E-state index in [1.165, 1.54) is 0 Å². The van der Waals surface area contributed by atoms with Crippen molar-refractivity contribution in [1.82, 2.24) is 5.32 Å². The van der Waals surface area contributed by atoms with Gasteiger partial charge in [-0.05, 0) is 5.56 Å². The van der Waals surface area contributed by atoms with E-state index in [-0.39, 0.29) is 6.61 Å². The Hall–Kier alpha value is -2.41. The zero-order valence-corrected chi connectivity index (χ0v) is 10.4. The maximum atomic E-state index is 11.7. The van der Waals surface area contributed by atoms with Crippen molar-refractivity contribution in [2.45, 2.75) is 25.3 Å². The normalized spacial score (nSPS) is 21.3. The predicted molar refractivity (Wildman–Crippen MR) is 65.3 cm³/mol. The van der Waals surface area contributed by atoms with Gasteiger partial charge in [0.2, 0.25) is 0 Å². The first-order valence-corrected chi connectivity index (χ1v) is 5.95. The second-order valence-electron chi connectivity index (χ2n) is 4.23. The molecule has 1 heterocycles. The van der Waals surface area contributed by atoms with E-state index in [9.17, 15) is 14.4 Å². The molecule has 0 aromatic heterocycles. The van der Waals surface area contributed by atoms with Gasteiger partial charge in [-0.2, -0.15) is 0 Å². The third-order valence-electron chi connectivity index (χ3n) is 2.69. The van der Waals surface area contributed by atoms with E-state index in [1.807, 2.05) is 6.07 Å². The molecular formula is C13H13NO6. The van der Waals surface area contributed by atoms with Crippen molar-refractivity contribution in [1.29, 1.82) is 0 Å². The summed E-state index contributed by atoms with van der Waals surface area (Å²) in [6.07, 6.45) is -1.70. The van der Waals surface area contributed by atoms with Gasteiger partial charge in [-0.3, -0.25) is 14.9 Å². The minimum Gasteiger partial charge on any atom is -0.481 e. The number of aliphatic carboxylic acids is 1. The Balaban J connectivity index is 1.85. The first-order chi connectivity index (χ1) is 9.56. The molecule has 2 rings (SSSR count). The SMILES string of the molecule is O=C(O)CC1N[C@H](C(=O)OCc2ccccc2)OC1=O. The number of esters is 2. The first kappa shape index (κ1) is 14.0.